The zero-order valence-electron chi connectivity index (χ0n) is 11.8. The summed E-state index contributed by atoms with van der Waals surface area (Å²) in [5.74, 6) is -0.379. The van der Waals surface area contributed by atoms with Crippen LogP contribution in [0.3, 0.4) is 0 Å². The zero-order chi connectivity index (χ0) is 15.7. The van der Waals surface area contributed by atoms with Gasteiger partial charge in [-0.05, 0) is 25.1 Å². The number of nitrogens with zero attached hydrogens (tertiary/aromatic N) is 1. The van der Waals surface area contributed by atoms with Crippen LogP contribution in [0.4, 0.5) is 10.5 Å². The molecular weight excluding hydrogens is 296 g/mol. The second kappa shape index (κ2) is 9.20. The molecule has 0 aromatic heterocycles. The number of aliphatic hydroxyl groups is 1. The summed E-state index contributed by atoms with van der Waals surface area (Å²) >= 11 is 5.84. The molecule has 2 amide bonds. The van der Waals surface area contributed by atoms with Gasteiger partial charge in [0.05, 0.1) is 19.6 Å². The lowest BCUT2D eigenvalue weighted by Gasteiger charge is -2.21. The number of esters is 1. The van der Waals surface area contributed by atoms with Gasteiger partial charge in [-0.3, -0.25) is 4.79 Å². The van der Waals surface area contributed by atoms with Gasteiger partial charge in [0.15, 0.2) is 0 Å². The van der Waals surface area contributed by atoms with Crippen LogP contribution in [-0.4, -0.2) is 48.3 Å². The van der Waals surface area contributed by atoms with Gasteiger partial charge in [0, 0.05) is 23.8 Å². The number of urea groups is 1. The number of hydrogen-bond donors (Lipinski definition) is 2. The van der Waals surface area contributed by atoms with E-state index >= 15 is 0 Å². The molecule has 0 saturated carbocycles. The van der Waals surface area contributed by atoms with Crippen LogP contribution in [0.5, 0.6) is 0 Å². The lowest BCUT2D eigenvalue weighted by atomic mass is 10.3. The van der Waals surface area contributed by atoms with Crippen molar-refractivity contribution in [1.82, 2.24) is 4.90 Å². The topological polar surface area (TPSA) is 78.9 Å². The Morgan fingerprint density at radius 2 is 2.14 bits per heavy atom. The molecule has 0 aliphatic heterocycles. The Balaban J connectivity index is 2.58. The van der Waals surface area contributed by atoms with E-state index in [-0.39, 0.29) is 32.1 Å². The lowest BCUT2D eigenvalue weighted by molar-refractivity contribution is -0.143. The molecule has 0 aliphatic carbocycles. The molecule has 0 radical (unpaired) electrons. The van der Waals surface area contributed by atoms with E-state index in [1.165, 1.54) is 4.90 Å². The van der Waals surface area contributed by atoms with Crippen molar-refractivity contribution in [2.75, 3.05) is 31.6 Å². The highest BCUT2D eigenvalue weighted by atomic mass is 35.5. The zero-order valence-corrected chi connectivity index (χ0v) is 12.6. The predicted molar refractivity (Wildman–Crippen MR) is 80.4 cm³/mol. The van der Waals surface area contributed by atoms with Crippen molar-refractivity contribution in [2.45, 2.75) is 13.3 Å². The van der Waals surface area contributed by atoms with Gasteiger partial charge in [0.2, 0.25) is 0 Å². The Bertz CT molecular complexity index is 482. The largest absolute Gasteiger partial charge is 0.466 e. The number of rotatable bonds is 7. The van der Waals surface area contributed by atoms with Gasteiger partial charge in [-0.2, -0.15) is 0 Å². The first-order valence-electron chi connectivity index (χ1n) is 6.64. The van der Waals surface area contributed by atoms with Gasteiger partial charge >= 0.3 is 12.0 Å². The van der Waals surface area contributed by atoms with Crippen LogP contribution in [0.2, 0.25) is 5.02 Å². The van der Waals surface area contributed by atoms with E-state index in [0.717, 1.165) is 0 Å². The minimum absolute atomic E-state index is 0.0802. The highest BCUT2D eigenvalue weighted by molar-refractivity contribution is 6.30. The third-order valence-electron chi connectivity index (χ3n) is 2.62. The average molecular weight is 315 g/mol. The van der Waals surface area contributed by atoms with E-state index in [1.54, 1.807) is 31.2 Å². The molecule has 7 heteroatoms. The van der Waals surface area contributed by atoms with Gasteiger partial charge in [0.1, 0.15) is 0 Å². The summed E-state index contributed by atoms with van der Waals surface area (Å²) in [5.41, 5.74) is 0.548. The lowest BCUT2D eigenvalue weighted by Crippen LogP contribution is -2.38. The Kier molecular flexibility index (Phi) is 7.56. The summed E-state index contributed by atoms with van der Waals surface area (Å²) in [6.07, 6.45) is 0.0802. The van der Waals surface area contributed by atoms with Crippen LogP contribution in [0.15, 0.2) is 24.3 Å². The van der Waals surface area contributed by atoms with Crippen LogP contribution < -0.4 is 5.32 Å². The van der Waals surface area contributed by atoms with E-state index < -0.39 is 6.03 Å². The van der Waals surface area contributed by atoms with Crippen molar-refractivity contribution >= 4 is 29.3 Å². The molecule has 0 unspecified atom stereocenters. The standard InChI is InChI=1S/C14H19ClN2O4/c1-2-21-13(19)6-7-17(8-9-18)14(20)16-12-5-3-4-11(15)10-12/h3-5,10,18H,2,6-9H2,1H3,(H,16,20). The highest BCUT2D eigenvalue weighted by Crippen LogP contribution is 2.15. The third-order valence-corrected chi connectivity index (χ3v) is 2.86. The molecule has 0 atom stereocenters. The summed E-state index contributed by atoms with van der Waals surface area (Å²) in [6.45, 7) is 2.13. The van der Waals surface area contributed by atoms with E-state index in [2.05, 4.69) is 5.32 Å². The van der Waals surface area contributed by atoms with Gasteiger partial charge in [-0.15, -0.1) is 0 Å². The maximum absolute atomic E-state index is 12.1. The molecule has 1 aromatic rings. The number of anilines is 1. The second-order valence-corrected chi connectivity index (χ2v) is 4.64. The quantitative estimate of drug-likeness (QED) is 0.756. The Morgan fingerprint density at radius 3 is 2.76 bits per heavy atom. The molecule has 116 valence electrons. The molecule has 0 fully saturated rings. The van der Waals surface area contributed by atoms with Crippen LogP contribution in [0.1, 0.15) is 13.3 Å². The summed E-state index contributed by atoms with van der Waals surface area (Å²) in [4.78, 5) is 24.8. The summed E-state index contributed by atoms with van der Waals surface area (Å²) in [5, 5.41) is 12.2. The molecule has 2 N–H and O–H groups in total. The number of hydrogen-bond acceptors (Lipinski definition) is 4. The number of carbonyl (C=O) groups is 2. The molecule has 0 bridgehead atoms. The molecule has 0 spiro atoms. The Labute approximate surface area is 128 Å². The molecule has 0 saturated heterocycles. The highest BCUT2D eigenvalue weighted by Gasteiger charge is 2.15. The molecule has 21 heavy (non-hydrogen) atoms. The van der Waals surface area contributed by atoms with E-state index in [0.29, 0.717) is 17.3 Å². The van der Waals surface area contributed by atoms with Crippen molar-refractivity contribution in [3.63, 3.8) is 0 Å². The molecule has 0 aliphatic rings. The van der Waals surface area contributed by atoms with Crippen molar-refractivity contribution in [2.24, 2.45) is 0 Å². The maximum atomic E-state index is 12.1. The fourth-order valence-electron chi connectivity index (χ4n) is 1.66. The maximum Gasteiger partial charge on any atom is 0.321 e. The first kappa shape index (κ1) is 17.3. The van der Waals surface area contributed by atoms with Crippen molar-refractivity contribution < 1.29 is 19.4 Å². The number of ether oxygens (including phenoxy) is 1. The SMILES string of the molecule is CCOC(=O)CCN(CCO)C(=O)Nc1cccc(Cl)c1. The minimum Gasteiger partial charge on any atom is -0.466 e. The summed E-state index contributed by atoms with van der Waals surface area (Å²) in [6, 6.07) is 6.32. The number of amides is 2. The summed E-state index contributed by atoms with van der Waals surface area (Å²) < 4.78 is 4.81. The fourth-order valence-corrected chi connectivity index (χ4v) is 1.85. The van der Waals surface area contributed by atoms with Gasteiger partial charge in [-0.25, -0.2) is 4.79 Å². The van der Waals surface area contributed by atoms with Gasteiger partial charge in [0.25, 0.3) is 0 Å². The normalized spacial score (nSPS) is 10.0. The number of halogens is 1. The average Bonchev–Trinajstić information content (AvgIpc) is 2.43. The van der Waals surface area contributed by atoms with Crippen LogP contribution in [0, 0.1) is 0 Å². The van der Waals surface area contributed by atoms with Crippen LogP contribution in [-0.2, 0) is 9.53 Å². The van der Waals surface area contributed by atoms with Crippen molar-refractivity contribution in [3.8, 4) is 0 Å². The number of aliphatic hydroxyl groups excluding tert-OH is 1. The van der Waals surface area contributed by atoms with Crippen molar-refractivity contribution in [1.29, 1.82) is 0 Å². The Morgan fingerprint density at radius 1 is 1.38 bits per heavy atom. The smallest absolute Gasteiger partial charge is 0.321 e. The molecule has 0 heterocycles. The first-order chi connectivity index (χ1) is 10.1. The van der Waals surface area contributed by atoms with Gasteiger partial charge in [-0.1, -0.05) is 17.7 Å². The van der Waals surface area contributed by atoms with Crippen LogP contribution in [0.25, 0.3) is 0 Å². The number of nitrogens with one attached hydrogen (secondary N) is 1. The predicted octanol–water partition coefficient (Wildman–Crippen LogP) is 2.12. The molecular formula is C14H19ClN2O4. The first-order valence-corrected chi connectivity index (χ1v) is 7.02. The monoisotopic (exact) mass is 314 g/mol. The molecule has 1 rings (SSSR count). The Hall–Kier alpha value is -1.79. The third kappa shape index (κ3) is 6.46. The second-order valence-electron chi connectivity index (χ2n) is 4.21. The van der Waals surface area contributed by atoms with E-state index in [1.807, 2.05) is 0 Å². The molecule has 1 aromatic carbocycles. The number of carbonyl (C=O) groups excluding carboxylic acids is 2. The van der Waals surface area contributed by atoms with E-state index in [4.69, 9.17) is 21.4 Å². The summed E-state index contributed by atoms with van der Waals surface area (Å²) in [7, 11) is 0. The van der Waals surface area contributed by atoms with Crippen molar-refractivity contribution in [3.05, 3.63) is 29.3 Å². The minimum atomic E-state index is -0.407. The van der Waals surface area contributed by atoms with E-state index in [9.17, 15) is 9.59 Å². The number of benzene rings is 1. The van der Waals surface area contributed by atoms with Gasteiger partial charge < -0.3 is 20.1 Å². The fraction of sp³-hybridized carbons (Fsp3) is 0.429. The van der Waals surface area contributed by atoms with Crippen LogP contribution >= 0.6 is 11.6 Å². The molecule has 6 nitrogen and oxygen atoms in total.